The van der Waals surface area contributed by atoms with Crippen LogP contribution in [-0.4, -0.2) is 7.28 Å². The van der Waals surface area contributed by atoms with Crippen LogP contribution in [0.2, 0.25) is 12.6 Å². The van der Waals surface area contributed by atoms with Crippen molar-refractivity contribution in [2.24, 2.45) is 0 Å². The number of rotatable bonds is 0. The van der Waals surface area contributed by atoms with Gasteiger partial charge < -0.3 is 0 Å². The van der Waals surface area contributed by atoms with Crippen LogP contribution >= 0.6 is 0 Å². The molecule has 7 heavy (non-hydrogen) atoms. The smallest absolute Gasteiger partial charge is 0.0775 e. The number of hydrogen-bond donors (Lipinski definition) is 0. The summed E-state index contributed by atoms with van der Waals surface area (Å²) >= 11 is 0. The summed E-state index contributed by atoms with van der Waals surface area (Å²) in [6.45, 7) is 0. The molecular weight excluding hydrogens is 90.9 g/mol. The molecular formula is C4H9BO2. The van der Waals surface area contributed by atoms with Crippen molar-refractivity contribution in [1.29, 1.82) is 0 Å². The third kappa shape index (κ3) is 3.82. The third-order valence-corrected chi connectivity index (χ3v) is 1.25. The Morgan fingerprint density at radius 2 is 1.29 bits per heavy atom. The van der Waals surface area contributed by atoms with E-state index in [-0.39, 0.29) is 11.0 Å². The van der Waals surface area contributed by atoms with E-state index in [4.69, 9.17) is 0 Å². The van der Waals surface area contributed by atoms with Gasteiger partial charge in [0.15, 0.2) is 0 Å². The lowest BCUT2D eigenvalue weighted by Crippen LogP contribution is -1.68. The van der Waals surface area contributed by atoms with Gasteiger partial charge in [0.1, 0.15) is 7.28 Å². The minimum atomic E-state index is 0. The maximum atomic E-state index is 1.50. The van der Waals surface area contributed by atoms with Gasteiger partial charge in [0.25, 0.3) is 0 Å². The zero-order valence-electron chi connectivity index (χ0n) is 4.35. The van der Waals surface area contributed by atoms with E-state index in [0.717, 1.165) is 0 Å². The first-order chi connectivity index (χ1) is 2.50. The molecule has 1 fully saturated rings. The Labute approximate surface area is 44.8 Å². The van der Waals surface area contributed by atoms with Crippen LogP contribution in [0.4, 0.5) is 0 Å². The van der Waals surface area contributed by atoms with Gasteiger partial charge in [-0.1, -0.05) is 25.5 Å². The van der Waals surface area contributed by atoms with Gasteiger partial charge in [-0.15, -0.1) is 0 Å². The van der Waals surface area contributed by atoms with Crippen LogP contribution in [0, 0.1) is 0 Å². The van der Waals surface area contributed by atoms with E-state index >= 15 is 0 Å². The number of hydrogen-bond acceptors (Lipinski definition) is 0. The van der Waals surface area contributed by atoms with Crippen molar-refractivity contribution in [2.45, 2.75) is 25.5 Å². The Kier molecular flexibility index (Phi) is 8.61. The van der Waals surface area contributed by atoms with Crippen molar-refractivity contribution in [1.82, 2.24) is 0 Å². The Bertz CT molecular complexity index is 21.3. The molecule has 0 atom stereocenters. The highest BCUT2D eigenvalue weighted by Crippen LogP contribution is 2.09. The second-order valence-corrected chi connectivity index (χ2v) is 1.77. The quantitative estimate of drug-likeness (QED) is 0.404. The Morgan fingerprint density at radius 1 is 0.857 bits per heavy atom. The lowest BCUT2D eigenvalue weighted by Gasteiger charge is -1.68. The molecule has 1 aliphatic rings. The van der Waals surface area contributed by atoms with Crippen LogP contribution < -0.4 is 0 Å². The van der Waals surface area contributed by atoms with E-state index < -0.39 is 0 Å². The molecule has 0 spiro atoms. The second-order valence-electron chi connectivity index (χ2n) is 1.77. The van der Waals surface area contributed by atoms with E-state index in [0.29, 0.717) is 0 Å². The maximum Gasteiger partial charge on any atom is 0.120 e. The summed E-state index contributed by atoms with van der Waals surface area (Å²) < 4.78 is 0. The normalized spacial score (nSPS) is 16.0. The summed E-state index contributed by atoms with van der Waals surface area (Å²) in [6, 6.07) is 0. The van der Waals surface area contributed by atoms with Gasteiger partial charge in [-0.2, -0.15) is 0 Å². The average Bonchev–Trinajstić information content (AvgIpc) is 1.76. The molecule has 1 aliphatic heterocycles. The molecule has 3 heteroatoms. The van der Waals surface area contributed by atoms with Gasteiger partial charge in [0.2, 0.25) is 0 Å². The van der Waals surface area contributed by atoms with Gasteiger partial charge in [0.05, 0.1) is 0 Å². The zero-order chi connectivity index (χ0) is 3.54. The van der Waals surface area contributed by atoms with Gasteiger partial charge in [0, 0.05) is 11.0 Å². The molecule has 0 saturated carbocycles. The second kappa shape index (κ2) is 5.98. The minimum Gasteiger partial charge on any atom is -0.0775 e. The van der Waals surface area contributed by atoms with E-state index in [1.807, 2.05) is 0 Å². The molecule has 1 rings (SSSR count). The summed E-state index contributed by atoms with van der Waals surface area (Å²) in [7, 11) is 1.50. The average molecular weight is 99.9 g/mol. The van der Waals surface area contributed by atoms with Crippen LogP contribution in [0.5, 0.6) is 0 Å². The van der Waals surface area contributed by atoms with Crippen LogP contribution in [0.3, 0.4) is 0 Å². The van der Waals surface area contributed by atoms with Crippen molar-refractivity contribution in [2.75, 3.05) is 0 Å². The Hall–Kier alpha value is -0.0151. The molecule has 0 N–H and O–H groups in total. The summed E-state index contributed by atoms with van der Waals surface area (Å²) in [6.07, 6.45) is 6.00. The fraction of sp³-hybridized carbons (Fsp3) is 1.00. The third-order valence-electron chi connectivity index (χ3n) is 1.25. The fourth-order valence-corrected chi connectivity index (χ4v) is 0.884. The summed E-state index contributed by atoms with van der Waals surface area (Å²) in [5, 5.41) is 0. The van der Waals surface area contributed by atoms with Crippen molar-refractivity contribution in [3.05, 3.63) is 0 Å². The standard InChI is InChI=1S/C4H9B.2O/c1-2-4-5-3-1;;/h5H,1-4H2;;. The van der Waals surface area contributed by atoms with E-state index in [2.05, 4.69) is 0 Å². The predicted molar refractivity (Wildman–Crippen MR) is 27.4 cm³/mol. The maximum absolute atomic E-state index is 1.50. The van der Waals surface area contributed by atoms with Gasteiger partial charge >= 0.3 is 0 Å². The van der Waals surface area contributed by atoms with Crippen LogP contribution in [0.25, 0.3) is 0 Å². The first-order valence-corrected chi connectivity index (χ1v) is 2.50. The molecule has 0 aromatic heterocycles. The largest absolute Gasteiger partial charge is 0.120 e. The van der Waals surface area contributed by atoms with Crippen molar-refractivity contribution in [3.63, 3.8) is 0 Å². The molecule has 0 bridgehead atoms. The van der Waals surface area contributed by atoms with Gasteiger partial charge in [-0.25, -0.2) is 0 Å². The highest BCUT2D eigenvalue weighted by atomic mass is 16.0. The zero-order valence-corrected chi connectivity index (χ0v) is 4.35. The molecule has 0 amide bonds. The first-order valence-electron chi connectivity index (χ1n) is 2.50. The monoisotopic (exact) mass is 100 g/mol. The summed E-state index contributed by atoms with van der Waals surface area (Å²) in [5.41, 5.74) is 0. The highest BCUT2D eigenvalue weighted by molar-refractivity contribution is 6.36. The van der Waals surface area contributed by atoms with Crippen molar-refractivity contribution >= 4 is 7.28 Å². The van der Waals surface area contributed by atoms with Crippen LogP contribution in [-0.2, 0) is 11.0 Å². The van der Waals surface area contributed by atoms with Gasteiger partial charge in [-0.3, -0.25) is 0 Å². The van der Waals surface area contributed by atoms with Crippen LogP contribution in [0.15, 0.2) is 0 Å². The molecule has 0 aliphatic carbocycles. The lowest BCUT2D eigenvalue weighted by atomic mass is 9.77. The minimum absolute atomic E-state index is 0. The predicted octanol–water partition coefficient (Wildman–Crippen LogP) is 0.816. The SMILES string of the molecule is B1CCCC1.[O].[O]. The molecule has 0 unspecified atom stereocenters. The molecule has 0 aromatic carbocycles. The van der Waals surface area contributed by atoms with Crippen LogP contribution in [0.1, 0.15) is 12.8 Å². The molecule has 1 saturated heterocycles. The molecule has 40 valence electrons. The molecule has 2 nitrogen and oxygen atoms in total. The summed E-state index contributed by atoms with van der Waals surface area (Å²) in [5.74, 6) is 0. The topological polar surface area (TPSA) is 57.0 Å². The van der Waals surface area contributed by atoms with E-state index in [1.165, 1.54) is 32.8 Å². The van der Waals surface area contributed by atoms with Crippen molar-refractivity contribution in [3.8, 4) is 0 Å². The fourth-order valence-electron chi connectivity index (χ4n) is 0.884. The molecule has 0 aromatic rings. The van der Waals surface area contributed by atoms with Gasteiger partial charge in [-0.05, 0) is 0 Å². The summed E-state index contributed by atoms with van der Waals surface area (Å²) in [4.78, 5) is 0. The van der Waals surface area contributed by atoms with Crippen molar-refractivity contribution < 1.29 is 11.0 Å². The molecule has 1 heterocycles. The molecule has 4 radical (unpaired) electrons. The van der Waals surface area contributed by atoms with E-state index in [9.17, 15) is 0 Å². The first kappa shape index (κ1) is 10.1. The highest BCUT2D eigenvalue weighted by Gasteiger charge is 1.97. The Balaban J connectivity index is 0. The Morgan fingerprint density at radius 3 is 1.43 bits per heavy atom. The van der Waals surface area contributed by atoms with E-state index in [1.54, 1.807) is 0 Å². The lowest BCUT2D eigenvalue weighted by molar-refractivity contribution is 0.685.